The first-order valence-corrected chi connectivity index (χ1v) is 7.99. The highest BCUT2D eigenvalue weighted by Crippen LogP contribution is 2.24. The monoisotopic (exact) mass is 372 g/mol. The fourth-order valence-corrected chi connectivity index (χ4v) is 2.47. The molecule has 0 unspecified atom stereocenters. The number of carbonyl (C=O) groups is 2. The van der Waals surface area contributed by atoms with E-state index in [0.29, 0.717) is 17.1 Å². The summed E-state index contributed by atoms with van der Waals surface area (Å²) < 4.78 is 10.5. The summed E-state index contributed by atoms with van der Waals surface area (Å²) in [4.78, 5) is 35.3. The van der Waals surface area contributed by atoms with Crippen molar-refractivity contribution in [2.45, 2.75) is 0 Å². The van der Waals surface area contributed by atoms with E-state index in [9.17, 15) is 19.7 Å². The normalized spacial score (nSPS) is 14.6. The molecule has 1 saturated heterocycles. The molecule has 1 aliphatic heterocycles. The highest BCUT2D eigenvalue weighted by molar-refractivity contribution is 6.02. The van der Waals surface area contributed by atoms with Crippen LogP contribution < -0.4 is 0 Å². The standard InChI is InChI=1S/C17H16N4O6/c1-26-9-8-19-16(22)11-20(17(19)23)18-10-14-6-7-15(27-14)12-2-4-13(5-3-12)21(24)25/h2-7,10H,8-9,11H2,1H3/b18-10-. The number of ether oxygens (including phenoxy) is 1. The SMILES string of the molecule is COCCN1C(=O)CN(/N=C\c2ccc(-c3ccc([N+](=O)[O-])cc3)o2)C1=O. The lowest BCUT2D eigenvalue weighted by Gasteiger charge is -2.12. The number of hydrogen-bond donors (Lipinski definition) is 0. The minimum Gasteiger partial charge on any atom is -0.455 e. The summed E-state index contributed by atoms with van der Waals surface area (Å²) in [7, 11) is 1.49. The van der Waals surface area contributed by atoms with E-state index in [4.69, 9.17) is 9.15 Å². The summed E-state index contributed by atoms with van der Waals surface area (Å²) in [6, 6.07) is 8.73. The molecule has 27 heavy (non-hydrogen) atoms. The predicted molar refractivity (Wildman–Crippen MR) is 94.1 cm³/mol. The molecular weight excluding hydrogens is 356 g/mol. The summed E-state index contributed by atoms with van der Waals surface area (Å²) in [6.45, 7) is 0.284. The van der Waals surface area contributed by atoms with Crippen LogP contribution in [-0.4, -0.2) is 59.8 Å². The zero-order valence-electron chi connectivity index (χ0n) is 14.4. The van der Waals surface area contributed by atoms with Crippen molar-refractivity contribution in [1.29, 1.82) is 0 Å². The van der Waals surface area contributed by atoms with Gasteiger partial charge in [-0.2, -0.15) is 5.10 Å². The molecule has 10 heteroatoms. The Labute approximate surface area is 153 Å². The van der Waals surface area contributed by atoms with Crippen LogP contribution in [0.1, 0.15) is 5.76 Å². The number of benzene rings is 1. The van der Waals surface area contributed by atoms with Crippen LogP contribution in [-0.2, 0) is 9.53 Å². The second-order valence-electron chi connectivity index (χ2n) is 5.63. The quantitative estimate of drug-likeness (QED) is 0.318. The third-order valence-corrected chi connectivity index (χ3v) is 3.87. The molecule has 0 aliphatic carbocycles. The number of hydrogen-bond acceptors (Lipinski definition) is 7. The van der Waals surface area contributed by atoms with E-state index >= 15 is 0 Å². The molecule has 3 rings (SSSR count). The average molecular weight is 372 g/mol. The highest BCUT2D eigenvalue weighted by atomic mass is 16.6. The number of nitrogens with zero attached hydrogens (tertiary/aromatic N) is 4. The van der Waals surface area contributed by atoms with Crippen molar-refractivity contribution in [1.82, 2.24) is 9.91 Å². The first kappa shape index (κ1) is 18.3. The van der Waals surface area contributed by atoms with Crippen molar-refractivity contribution in [2.75, 3.05) is 26.8 Å². The molecule has 1 aromatic carbocycles. The number of amides is 3. The zero-order valence-corrected chi connectivity index (χ0v) is 14.4. The molecule has 1 aromatic heterocycles. The van der Waals surface area contributed by atoms with Crippen LogP contribution in [0.25, 0.3) is 11.3 Å². The Hall–Kier alpha value is -3.53. The Morgan fingerprint density at radius 3 is 2.67 bits per heavy atom. The van der Waals surface area contributed by atoms with Crippen molar-refractivity contribution in [3.05, 3.63) is 52.3 Å². The molecule has 1 fully saturated rings. The molecule has 0 radical (unpaired) electrons. The van der Waals surface area contributed by atoms with Crippen molar-refractivity contribution < 1.29 is 23.7 Å². The summed E-state index contributed by atoms with van der Waals surface area (Å²) in [5, 5.41) is 15.7. The summed E-state index contributed by atoms with van der Waals surface area (Å²) in [6.07, 6.45) is 1.33. The van der Waals surface area contributed by atoms with Gasteiger partial charge in [0.15, 0.2) is 0 Å². The largest absolute Gasteiger partial charge is 0.455 e. The number of rotatable bonds is 7. The van der Waals surface area contributed by atoms with Gasteiger partial charge in [0.2, 0.25) is 0 Å². The van der Waals surface area contributed by atoms with E-state index in [1.54, 1.807) is 24.3 Å². The molecule has 2 heterocycles. The highest BCUT2D eigenvalue weighted by Gasteiger charge is 2.35. The smallest absolute Gasteiger partial charge is 0.347 e. The third-order valence-electron chi connectivity index (χ3n) is 3.87. The van der Waals surface area contributed by atoms with E-state index in [0.717, 1.165) is 9.91 Å². The second kappa shape index (κ2) is 7.79. The van der Waals surface area contributed by atoms with Gasteiger partial charge in [-0.15, -0.1) is 0 Å². The molecule has 0 spiro atoms. The fraction of sp³-hybridized carbons (Fsp3) is 0.235. The van der Waals surface area contributed by atoms with Gasteiger partial charge in [0.05, 0.1) is 24.3 Å². The van der Waals surface area contributed by atoms with Gasteiger partial charge in [0.1, 0.15) is 18.1 Å². The van der Waals surface area contributed by atoms with E-state index < -0.39 is 11.0 Å². The maximum Gasteiger partial charge on any atom is 0.347 e. The number of nitro benzene ring substituents is 1. The number of carbonyl (C=O) groups excluding carboxylic acids is 2. The van der Waals surface area contributed by atoms with E-state index in [2.05, 4.69) is 5.10 Å². The van der Waals surface area contributed by atoms with Gasteiger partial charge < -0.3 is 9.15 Å². The summed E-state index contributed by atoms with van der Waals surface area (Å²) in [5.74, 6) is 0.524. The van der Waals surface area contributed by atoms with Gasteiger partial charge in [-0.3, -0.25) is 19.8 Å². The number of hydrazone groups is 1. The van der Waals surface area contributed by atoms with Crippen molar-refractivity contribution in [3.63, 3.8) is 0 Å². The van der Waals surface area contributed by atoms with E-state index in [1.807, 2.05) is 0 Å². The summed E-state index contributed by atoms with van der Waals surface area (Å²) in [5.41, 5.74) is 0.653. The third kappa shape index (κ3) is 4.01. The molecule has 140 valence electrons. The Balaban J connectivity index is 1.68. The zero-order chi connectivity index (χ0) is 19.4. The number of methoxy groups -OCH3 is 1. The lowest BCUT2D eigenvalue weighted by atomic mass is 10.1. The van der Waals surface area contributed by atoms with Crippen LogP contribution >= 0.6 is 0 Å². The first-order valence-electron chi connectivity index (χ1n) is 7.99. The number of imide groups is 1. The van der Waals surface area contributed by atoms with Gasteiger partial charge in [0, 0.05) is 24.8 Å². The van der Waals surface area contributed by atoms with E-state index in [1.165, 1.54) is 25.5 Å². The summed E-state index contributed by atoms with van der Waals surface area (Å²) >= 11 is 0. The lowest BCUT2D eigenvalue weighted by molar-refractivity contribution is -0.384. The van der Waals surface area contributed by atoms with Crippen LogP contribution in [0, 0.1) is 10.1 Å². The van der Waals surface area contributed by atoms with Crippen LogP contribution in [0.5, 0.6) is 0 Å². The molecule has 1 aliphatic rings. The Bertz CT molecular complexity index is 889. The number of urea groups is 1. The molecule has 0 atom stereocenters. The molecule has 0 N–H and O–H groups in total. The average Bonchev–Trinajstić information content (AvgIpc) is 3.23. The molecule has 10 nitrogen and oxygen atoms in total. The topological polar surface area (TPSA) is 118 Å². The maximum atomic E-state index is 12.1. The van der Waals surface area contributed by atoms with Crippen LogP contribution in [0.15, 0.2) is 45.9 Å². The molecule has 0 bridgehead atoms. The molecule has 0 saturated carbocycles. The Morgan fingerprint density at radius 2 is 2.00 bits per heavy atom. The van der Waals surface area contributed by atoms with Gasteiger partial charge in [-0.05, 0) is 24.3 Å². The van der Waals surface area contributed by atoms with E-state index in [-0.39, 0.29) is 31.3 Å². The minimum atomic E-state index is -0.518. The minimum absolute atomic E-state index is 0.0117. The van der Waals surface area contributed by atoms with Crippen molar-refractivity contribution >= 4 is 23.8 Å². The lowest BCUT2D eigenvalue weighted by Crippen LogP contribution is -2.34. The van der Waals surface area contributed by atoms with Gasteiger partial charge >= 0.3 is 6.03 Å². The number of nitro groups is 1. The second-order valence-corrected chi connectivity index (χ2v) is 5.63. The molecule has 2 aromatic rings. The van der Waals surface area contributed by atoms with Crippen molar-refractivity contribution in [3.8, 4) is 11.3 Å². The number of non-ortho nitro benzene ring substituents is 1. The Kier molecular flexibility index (Phi) is 5.27. The van der Waals surface area contributed by atoms with Crippen LogP contribution in [0.2, 0.25) is 0 Å². The first-order chi connectivity index (χ1) is 13.0. The van der Waals surface area contributed by atoms with Gasteiger partial charge in [-0.25, -0.2) is 9.80 Å². The van der Waals surface area contributed by atoms with Crippen LogP contribution in [0.4, 0.5) is 10.5 Å². The number of furan rings is 1. The van der Waals surface area contributed by atoms with Crippen LogP contribution in [0.3, 0.4) is 0 Å². The fourth-order valence-electron chi connectivity index (χ4n) is 2.47. The van der Waals surface area contributed by atoms with Gasteiger partial charge in [0.25, 0.3) is 11.6 Å². The predicted octanol–water partition coefficient (Wildman–Crippen LogP) is 2.10. The molecular formula is C17H16N4O6. The maximum absolute atomic E-state index is 12.1. The van der Waals surface area contributed by atoms with Gasteiger partial charge in [-0.1, -0.05) is 0 Å². The Morgan fingerprint density at radius 1 is 1.26 bits per heavy atom. The molecule has 3 amide bonds. The van der Waals surface area contributed by atoms with Crippen molar-refractivity contribution in [2.24, 2.45) is 5.10 Å².